The van der Waals surface area contributed by atoms with Crippen molar-refractivity contribution in [1.29, 1.82) is 0 Å². The lowest BCUT2D eigenvalue weighted by Gasteiger charge is -2.09. The van der Waals surface area contributed by atoms with Gasteiger partial charge in [-0.25, -0.2) is 4.79 Å². The van der Waals surface area contributed by atoms with E-state index in [1.807, 2.05) is 0 Å². The minimum Gasteiger partial charge on any atom is -0.481 e. The summed E-state index contributed by atoms with van der Waals surface area (Å²) >= 11 is 0. The van der Waals surface area contributed by atoms with Gasteiger partial charge in [-0.15, -0.1) is 0 Å². The summed E-state index contributed by atoms with van der Waals surface area (Å²) in [5.41, 5.74) is 0.654. The van der Waals surface area contributed by atoms with Crippen LogP contribution in [0.15, 0.2) is 12.3 Å². The Morgan fingerprint density at radius 1 is 1.57 bits per heavy atom. The molecule has 1 aromatic heterocycles. The minimum atomic E-state index is -1.20. The maximum absolute atomic E-state index is 10.7. The van der Waals surface area contributed by atoms with Gasteiger partial charge in [0.05, 0.1) is 12.1 Å². The molecule has 0 unspecified atom stereocenters. The van der Waals surface area contributed by atoms with Gasteiger partial charge >= 0.3 is 11.9 Å². The Morgan fingerprint density at radius 3 is 2.57 bits per heavy atom. The number of nitrogens with zero attached hydrogens (tertiary/aromatic N) is 2. The standard InChI is InChI=1S/C8H10N2O4/c1-5-2-3-10(9-5)6(8(13)14)4-7(11)12/h2-3,6H,4H2,1H3,(H,11,12)(H,13,14)/t6-/m1/s1. The first-order chi connectivity index (χ1) is 6.50. The number of aryl methyl sites for hydroxylation is 1. The first-order valence-corrected chi connectivity index (χ1v) is 3.97. The summed E-state index contributed by atoms with van der Waals surface area (Å²) in [4.78, 5) is 21.1. The molecule has 0 fully saturated rings. The van der Waals surface area contributed by atoms with Crippen molar-refractivity contribution in [3.63, 3.8) is 0 Å². The van der Waals surface area contributed by atoms with Crippen LogP contribution >= 0.6 is 0 Å². The monoisotopic (exact) mass is 198 g/mol. The molecular weight excluding hydrogens is 188 g/mol. The Hall–Kier alpha value is -1.85. The van der Waals surface area contributed by atoms with E-state index in [9.17, 15) is 9.59 Å². The molecule has 1 rings (SSSR count). The van der Waals surface area contributed by atoms with Crippen LogP contribution < -0.4 is 0 Å². The summed E-state index contributed by atoms with van der Waals surface area (Å²) in [5, 5.41) is 21.1. The van der Waals surface area contributed by atoms with Crippen LogP contribution in [0.4, 0.5) is 0 Å². The highest BCUT2D eigenvalue weighted by molar-refractivity contribution is 5.79. The second-order valence-electron chi connectivity index (χ2n) is 2.89. The Morgan fingerprint density at radius 2 is 2.21 bits per heavy atom. The summed E-state index contributed by atoms with van der Waals surface area (Å²) in [6, 6.07) is 0.485. The predicted molar refractivity (Wildman–Crippen MR) is 45.9 cm³/mol. The van der Waals surface area contributed by atoms with Crippen molar-refractivity contribution in [3.05, 3.63) is 18.0 Å². The Labute approximate surface area is 79.8 Å². The molecule has 0 aliphatic carbocycles. The van der Waals surface area contributed by atoms with Gasteiger partial charge in [0.25, 0.3) is 0 Å². The molecule has 1 atom stereocenters. The van der Waals surface area contributed by atoms with Gasteiger partial charge in [0, 0.05) is 6.20 Å². The third kappa shape index (κ3) is 2.32. The molecule has 76 valence electrons. The van der Waals surface area contributed by atoms with Crippen LogP contribution in [0, 0.1) is 6.92 Å². The van der Waals surface area contributed by atoms with E-state index in [-0.39, 0.29) is 0 Å². The van der Waals surface area contributed by atoms with Gasteiger partial charge < -0.3 is 10.2 Å². The van der Waals surface area contributed by atoms with Crippen LogP contribution in [0.5, 0.6) is 0 Å². The number of aliphatic carboxylic acids is 2. The second-order valence-corrected chi connectivity index (χ2v) is 2.89. The number of carboxylic acids is 2. The zero-order chi connectivity index (χ0) is 10.7. The molecule has 1 aromatic rings. The molecule has 0 aliphatic rings. The summed E-state index contributed by atoms with van der Waals surface area (Å²) in [6.07, 6.45) is 0.980. The average molecular weight is 198 g/mol. The number of carbonyl (C=O) groups is 2. The molecule has 0 radical (unpaired) electrons. The van der Waals surface area contributed by atoms with E-state index < -0.39 is 24.4 Å². The molecule has 6 heteroatoms. The molecular formula is C8H10N2O4. The first-order valence-electron chi connectivity index (χ1n) is 3.97. The normalized spacial score (nSPS) is 12.4. The van der Waals surface area contributed by atoms with Gasteiger partial charge in [0.15, 0.2) is 6.04 Å². The van der Waals surface area contributed by atoms with Gasteiger partial charge in [-0.3, -0.25) is 9.48 Å². The van der Waals surface area contributed by atoms with Crippen molar-refractivity contribution in [2.24, 2.45) is 0 Å². The molecule has 0 spiro atoms. The van der Waals surface area contributed by atoms with Crippen LogP contribution in [0.2, 0.25) is 0 Å². The minimum absolute atomic E-state index is 0.476. The Balaban J connectivity index is 2.88. The van der Waals surface area contributed by atoms with Crippen LogP contribution in [-0.2, 0) is 9.59 Å². The molecule has 6 nitrogen and oxygen atoms in total. The maximum Gasteiger partial charge on any atom is 0.329 e. The molecule has 0 aliphatic heterocycles. The summed E-state index contributed by atoms with van der Waals surface area (Å²) < 4.78 is 1.14. The van der Waals surface area contributed by atoms with Gasteiger partial charge in [-0.05, 0) is 13.0 Å². The van der Waals surface area contributed by atoms with Crippen LogP contribution in [0.3, 0.4) is 0 Å². The van der Waals surface area contributed by atoms with Crippen molar-refractivity contribution in [2.45, 2.75) is 19.4 Å². The highest BCUT2D eigenvalue weighted by Crippen LogP contribution is 2.11. The molecule has 0 bridgehead atoms. The predicted octanol–water partition coefficient (Wildman–Crippen LogP) is 0.292. The maximum atomic E-state index is 10.7. The number of hydrogen-bond acceptors (Lipinski definition) is 3. The molecule has 0 saturated heterocycles. The fraction of sp³-hybridized carbons (Fsp3) is 0.375. The molecule has 2 N–H and O–H groups in total. The lowest BCUT2D eigenvalue weighted by molar-refractivity contribution is -0.147. The molecule has 1 heterocycles. The largest absolute Gasteiger partial charge is 0.481 e. The first kappa shape index (κ1) is 10.2. The molecule has 14 heavy (non-hydrogen) atoms. The highest BCUT2D eigenvalue weighted by Gasteiger charge is 2.23. The molecule has 0 saturated carbocycles. The van der Waals surface area contributed by atoms with Crippen molar-refractivity contribution in [2.75, 3.05) is 0 Å². The number of carboxylic acid groups (broad SMARTS) is 2. The topological polar surface area (TPSA) is 92.4 Å². The van der Waals surface area contributed by atoms with Gasteiger partial charge in [0.1, 0.15) is 0 Å². The highest BCUT2D eigenvalue weighted by atomic mass is 16.4. The van der Waals surface area contributed by atoms with Gasteiger partial charge in [-0.1, -0.05) is 0 Å². The lowest BCUT2D eigenvalue weighted by atomic mass is 10.2. The Bertz CT molecular complexity index is 358. The third-order valence-electron chi connectivity index (χ3n) is 1.71. The van der Waals surface area contributed by atoms with Crippen LogP contribution in [-0.4, -0.2) is 31.9 Å². The van der Waals surface area contributed by atoms with E-state index in [4.69, 9.17) is 10.2 Å². The third-order valence-corrected chi connectivity index (χ3v) is 1.71. The van der Waals surface area contributed by atoms with E-state index in [1.165, 1.54) is 6.20 Å². The van der Waals surface area contributed by atoms with E-state index in [2.05, 4.69) is 5.10 Å². The van der Waals surface area contributed by atoms with Crippen molar-refractivity contribution in [3.8, 4) is 0 Å². The van der Waals surface area contributed by atoms with E-state index in [0.29, 0.717) is 5.69 Å². The van der Waals surface area contributed by atoms with Gasteiger partial charge in [0.2, 0.25) is 0 Å². The van der Waals surface area contributed by atoms with E-state index >= 15 is 0 Å². The molecule has 0 amide bonds. The number of rotatable bonds is 4. The average Bonchev–Trinajstić information content (AvgIpc) is 2.46. The van der Waals surface area contributed by atoms with Crippen LogP contribution in [0.1, 0.15) is 18.2 Å². The second kappa shape index (κ2) is 3.91. The number of hydrogen-bond donors (Lipinski definition) is 2. The smallest absolute Gasteiger partial charge is 0.329 e. The zero-order valence-corrected chi connectivity index (χ0v) is 7.54. The molecule has 0 aromatic carbocycles. The van der Waals surface area contributed by atoms with Crippen molar-refractivity contribution in [1.82, 2.24) is 9.78 Å². The fourth-order valence-electron chi connectivity index (χ4n) is 1.07. The lowest BCUT2D eigenvalue weighted by Crippen LogP contribution is -2.22. The summed E-state index contributed by atoms with van der Waals surface area (Å²) in [6.45, 7) is 1.70. The summed E-state index contributed by atoms with van der Waals surface area (Å²) in [7, 11) is 0. The number of aromatic nitrogens is 2. The zero-order valence-electron chi connectivity index (χ0n) is 7.54. The fourth-order valence-corrected chi connectivity index (χ4v) is 1.07. The SMILES string of the molecule is Cc1ccn([C@H](CC(=O)O)C(=O)O)n1. The van der Waals surface area contributed by atoms with E-state index in [1.54, 1.807) is 13.0 Å². The van der Waals surface area contributed by atoms with Gasteiger partial charge in [-0.2, -0.15) is 5.10 Å². The quantitative estimate of drug-likeness (QED) is 0.725. The summed E-state index contributed by atoms with van der Waals surface area (Å²) in [5.74, 6) is -2.36. The van der Waals surface area contributed by atoms with Crippen molar-refractivity contribution < 1.29 is 19.8 Å². The van der Waals surface area contributed by atoms with E-state index in [0.717, 1.165) is 4.68 Å². The Kier molecular flexibility index (Phi) is 2.85. The van der Waals surface area contributed by atoms with Crippen molar-refractivity contribution >= 4 is 11.9 Å². The van der Waals surface area contributed by atoms with Crippen LogP contribution in [0.25, 0.3) is 0 Å².